The molecule has 0 spiro atoms. The lowest BCUT2D eigenvalue weighted by atomic mass is 10.1. The van der Waals surface area contributed by atoms with E-state index in [-0.39, 0.29) is 0 Å². The fourth-order valence-corrected chi connectivity index (χ4v) is 0.600. The van der Waals surface area contributed by atoms with E-state index in [0.29, 0.717) is 0 Å². The SMILES string of the molecule is O=[N+]([O-])C(CO)(CO)CO.[N-]=[N+]=NCC(=O)O.[N-]=[N+]=NCC(=O)O.[N-]=[N+]=NCC(=O)O. The molecule has 0 aromatic rings. The van der Waals surface area contributed by atoms with Crippen LogP contribution in [-0.4, -0.2) is 98.5 Å². The van der Waals surface area contributed by atoms with Crippen LogP contribution in [0.15, 0.2) is 15.3 Å². The van der Waals surface area contributed by atoms with Gasteiger partial charge in [0.25, 0.3) is 5.54 Å². The molecule has 0 unspecified atom stereocenters. The van der Waals surface area contributed by atoms with E-state index in [4.69, 9.17) is 47.2 Å². The highest BCUT2D eigenvalue weighted by atomic mass is 16.6. The van der Waals surface area contributed by atoms with Gasteiger partial charge in [-0.1, -0.05) is 15.3 Å². The molecule has 0 saturated carbocycles. The van der Waals surface area contributed by atoms with Gasteiger partial charge in [-0.15, -0.1) is 0 Å². The third-order valence-electron chi connectivity index (χ3n) is 2.08. The number of hydrogen-bond acceptors (Lipinski definition) is 11. The van der Waals surface area contributed by atoms with Crippen LogP contribution in [0.2, 0.25) is 0 Å². The van der Waals surface area contributed by atoms with Crippen molar-refractivity contribution in [3.05, 3.63) is 41.4 Å². The molecule has 0 aliphatic carbocycles. The summed E-state index contributed by atoms with van der Waals surface area (Å²) in [4.78, 5) is 44.3. The topological polar surface area (TPSA) is 362 Å². The number of aliphatic hydroxyl groups excluding tert-OH is 3. The first kappa shape index (κ1) is 34.1. The fourth-order valence-electron chi connectivity index (χ4n) is 0.600. The van der Waals surface area contributed by atoms with Crippen LogP contribution in [0.1, 0.15) is 0 Å². The average Bonchev–Trinajstić information content (AvgIpc) is 2.72. The minimum Gasteiger partial charge on any atom is -0.481 e. The molecule has 0 bridgehead atoms. The number of carboxylic acids is 3. The number of nitrogens with zero attached hydrogens (tertiary/aromatic N) is 10. The predicted octanol–water partition coefficient (Wildman–Crippen LogP) is -0.877. The van der Waals surface area contributed by atoms with Crippen LogP contribution in [0.5, 0.6) is 0 Å². The fraction of sp³-hybridized carbons (Fsp3) is 0.700. The molecule has 21 heteroatoms. The first-order chi connectivity index (χ1) is 14.4. The molecule has 21 nitrogen and oxygen atoms in total. The Kier molecular flexibility index (Phi) is 26.1. The van der Waals surface area contributed by atoms with Crippen molar-refractivity contribution < 1.29 is 49.9 Å². The zero-order chi connectivity index (χ0) is 25.3. The normalized spacial score (nSPS) is 8.35. The summed E-state index contributed by atoms with van der Waals surface area (Å²) >= 11 is 0. The van der Waals surface area contributed by atoms with Crippen LogP contribution in [0, 0.1) is 10.1 Å². The summed E-state index contributed by atoms with van der Waals surface area (Å²) in [5.41, 5.74) is 20.5. The third kappa shape index (κ3) is 27.9. The molecule has 6 N–H and O–H groups in total. The van der Waals surface area contributed by atoms with Gasteiger partial charge in [-0.25, -0.2) is 0 Å². The van der Waals surface area contributed by atoms with Gasteiger partial charge in [0.05, 0.1) is 0 Å². The van der Waals surface area contributed by atoms with E-state index < -0.39 is 67.8 Å². The molecule has 0 radical (unpaired) electrons. The second-order valence-corrected chi connectivity index (χ2v) is 4.30. The molecule has 0 aliphatic heterocycles. The summed E-state index contributed by atoms with van der Waals surface area (Å²) in [6, 6.07) is 0. The molecule has 0 aliphatic rings. The Morgan fingerprint density at radius 2 is 0.968 bits per heavy atom. The first-order valence-corrected chi connectivity index (χ1v) is 7.09. The van der Waals surface area contributed by atoms with E-state index in [0.717, 1.165) is 0 Å². The van der Waals surface area contributed by atoms with Crippen LogP contribution >= 0.6 is 0 Å². The number of carbonyl (C=O) groups is 3. The van der Waals surface area contributed by atoms with Crippen LogP contribution in [0.25, 0.3) is 31.3 Å². The van der Waals surface area contributed by atoms with Crippen molar-refractivity contribution in [3.63, 3.8) is 0 Å². The minimum absolute atomic E-state index is 0.476. The van der Waals surface area contributed by atoms with Gasteiger partial charge in [0, 0.05) is 19.7 Å². The molecule has 31 heavy (non-hydrogen) atoms. The Bertz CT molecular complexity index is 626. The number of azide groups is 3. The first-order valence-electron chi connectivity index (χ1n) is 7.09. The number of rotatable bonds is 10. The van der Waals surface area contributed by atoms with E-state index in [1.165, 1.54) is 0 Å². The molecule has 0 fully saturated rings. The highest BCUT2D eigenvalue weighted by Gasteiger charge is 2.41. The second-order valence-electron chi connectivity index (χ2n) is 4.30. The van der Waals surface area contributed by atoms with Gasteiger partial charge >= 0.3 is 17.9 Å². The van der Waals surface area contributed by atoms with Crippen LogP contribution in [0.3, 0.4) is 0 Å². The molecule has 0 amide bonds. The number of hydrogen-bond donors (Lipinski definition) is 6. The highest BCUT2D eigenvalue weighted by molar-refractivity contribution is 5.69. The lowest BCUT2D eigenvalue weighted by molar-refractivity contribution is -0.580. The summed E-state index contributed by atoms with van der Waals surface area (Å²) in [7, 11) is 0. The zero-order valence-corrected chi connectivity index (χ0v) is 15.4. The van der Waals surface area contributed by atoms with E-state index in [1.54, 1.807) is 0 Å². The number of aliphatic carboxylic acids is 3. The molecule has 0 rings (SSSR count). The van der Waals surface area contributed by atoms with E-state index in [2.05, 4.69) is 30.1 Å². The molecule has 0 aromatic carbocycles. The van der Waals surface area contributed by atoms with Crippen molar-refractivity contribution >= 4 is 17.9 Å². The third-order valence-corrected chi connectivity index (χ3v) is 2.08. The number of aliphatic hydroxyl groups is 3. The van der Waals surface area contributed by atoms with Crippen molar-refractivity contribution in [2.45, 2.75) is 5.54 Å². The van der Waals surface area contributed by atoms with E-state index in [1.807, 2.05) is 0 Å². The Morgan fingerprint density at radius 1 is 0.742 bits per heavy atom. The lowest BCUT2D eigenvalue weighted by Gasteiger charge is -2.16. The highest BCUT2D eigenvalue weighted by Crippen LogP contribution is 2.05. The number of carboxylic acid groups (broad SMARTS) is 3. The largest absolute Gasteiger partial charge is 0.481 e. The molecule has 174 valence electrons. The van der Waals surface area contributed by atoms with Crippen LogP contribution < -0.4 is 0 Å². The van der Waals surface area contributed by atoms with Crippen molar-refractivity contribution in [3.8, 4) is 0 Å². The Morgan fingerprint density at radius 3 is 1.00 bits per heavy atom. The van der Waals surface area contributed by atoms with E-state index >= 15 is 0 Å². The summed E-state index contributed by atoms with van der Waals surface area (Å²) in [6.07, 6.45) is 0. The van der Waals surface area contributed by atoms with Crippen LogP contribution in [-0.2, 0) is 14.4 Å². The summed E-state index contributed by atoms with van der Waals surface area (Å²) < 4.78 is 0. The van der Waals surface area contributed by atoms with Gasteiger partial charge < -0.3 is 30.6 Å². The van der Waals surface area contributed by atoms with Gasteiger partial charge in [-0.05, 0) is 16.6 Å². The molecular weight excluding hydrogens is 436 g/mol. The summed E-state index contributed by atoms with van der Waals surface area (Å²) in [5, 5.41) is 66.8. The Balaban J connectivity index is -0.000000159. The van der Waals surface area contributed by atoms with E-state index in [9.17, 15) is 24.5 Å². The monoisotopic (exact) mass is 454 g/mol. The molecule has 0 saturated heterocycles. The average molecular weight is 454 g/mol. The molecular formula is C10H18N10O11. The molecule has 0 atom stereocenters. The number of nitro groups is 1. The smallest absolute Gasteiger partial charge is 0.309 e. The van der Waals surface area contributed by atoms with Gasteiger partial charge in [-0.2, -0.15) is 0 Å². The maximum atomic E-state index is 10.0. The van der Waals surface area contributed by atoms with Crippen molar-refractivity contribution in [1.29, 1.82) is 0 Å². The van der Waals surface area contributed by atoms with Crippen molar-refractivity contribution in [1.82, 2.24) is 0 Å². The van der Waals surface area contributed by atoms with Crippen molar-refractivity contribution in [2.24, 2.45) is 15.3 Å². The minimum atomic E-state index is -1.99. The van der Waals surface area contributed by atoms with Gasteiger partial charge in [0.1, 0.15) is 39.5 Å². The van der Waals surface area contributed by atoms with Gasteiger partial charge in [0.15, 0.2) is 0 Å². The molecule has 0 aromatic heterocycles. The van der Waals surface area contributed by atoms with Gasteiger partial charge in [-0.3, -0.25) is 24.5 Å². The Hall–Kier alpha value is -4.38. The standard InChI is InChI=1S/C4H9NO5.3C2H3N3O2/c6-1-4(2-7,3-8)5(9)10;3*3-5-4-1-2(6)7/h6-8H,1-3H2;3*1H2,(H,6,7). The maximum Gasteiger partial charge on any atom is 0.309 e. The second kappa shape index (κ2) is 23.7. The van der Waals surface area contributed by atoms with Gasteiger partial charge in [0.2, 0.25) is 0 Å². The Labute approximate surface area is 170 Å². The summed E-state index contributed by atoms with van der Waals surface area (Å²) in [5.74, 6) is -3.34. The van der Waals surface area contributed by atoms with Crippen LogP contribution in [0.4, 0.5) is 0 Å². The predicted molar refractivity (Wildman–Crippen MR) is 95.9 cm³/mol. The summed E-state index contributed by atoms with van der Waals surface area (Å²) in [6.45, 7) is -4.03. The zero-order valence-electron chi connectivity index (χ0n) is 15.4. The molecule has 0 heterocycles. The quantitative estimate of drug-likeness (QED) is 0.0773. The maximum absolute atomic E-state index is 10.0. The van der Waals surface area contributed by atoms with Crippen molar-refractivity contribution in [2.75, 3.05) is 39.5 Å². The lowest BCUT2D eigenvalue weighted by Crippen LogP contribution is -2.49.